The maximum absolute atomic E-state index is 9.28. The van der Waals surface area contributed by atoms with Crippen molar-refractivity contribution in [3.8, 4) is 6.07 Å². The van der Waals surface area contributed by atoms with Crippen molar-refractivity contribution >= 4 is 32.9 Å². The van der Waals surface area contributed by atoms with Crippen molar-refractivity contribution in [1.82, 2.24) is 10.2 Å². The first kappa shape index (κ1) is 12.6. The highest BCUT2D eigenvalue weighted by atomic mass is 32.1. The summed E-state index contributed by atoms with van der Waals surface area (Å²) in [6.45, 7) is 3.74. The highest BCUT2D eigenvalue weighted by Gasteiger charge is 2.11. The van der Waals surface area contributed by atoms with Gasteiger partial charge >= 0.3 is 0 Å². The summed E-state index contributed by atoms with van der Waals surface area (Å²) in [5.41, 5.74) is 3.09. The largest absolute Gasteiger partial charge is 0.338 e. The lowest BCUT2D eigenvalue weighted by Crippen LogP contribution is -2.03. The van der Waals surface area contributed by atoms with E-state index in [2.05, 4.69) is 39.1 Å². The molecule has 0 radical (unpaired) electrons. The minimum Gasteiger partial charge on any atom is -0.338 e. The van der Waals surface area contributed by atoms with Gasteiger partial charge in [-0.1, -0.05) is 0 Å². The zero-order chi connectivity index (χ0) is 14.1. The molecule has 0 saturated carbocycles. The molecule has 0 saturated heterocycles. The minimum atomic E-state index is 0.505. The zero-order valence-corrected chi connectivity index (χ0v) is 12.0. The van der Waals surface area contributed by atoms with Crippen molar-refractivity contribution in [3.63, 3.8) is 0 Å². The van der Waals surface area contributed by atoms with Crippen LogP contribution >= 0.6 is 11.3 Å². The Morgan fingerprint density at radius 2 is 2.05 bits per heavy atom. The molecule has 0 spiro atoms. The van der Waals surface area contributed by atoms with E-state index in [0.29, 0.717) is 11.4 Å². The standard InChI is InChI=1S/C15H12N4S/c1-9-10(2)18-19-15(13(9)8-16)17-12-3-4-14-11(7-12)5-6-20-14/h3-7H,1-2H3,(H,17,19). The van der Waals surface area contributed by atoms with Gasteiger partial charge in [-0.2, -0.15) is 10.4 Å². The van der Waals surface area contributed by atoms with Gasteiger partial charge in [0.1, 0.15) is 11.6 Å². The van der Waals surface area contributed by atoms with Crippen molar-refractivity contribution in [1.29, 1.82) is 5.26 Å². The smallest absolute Gasteiger partial charge is 0.171 e. The number of aryl methyl sites for hydroxylation is 1. The van der Waals surface area contributed by atoms with Gasteiger partial charge in [-0.05, 0) is 54.4 Å². The molecule has 2 heterocycles. The maximum Gasteiger partial charge on any atom is 0.171 e. The number of fused-ring (bicyclic) bond motifs is 1. The van der Waals surface area contributed by atoms with Crippen LogP contribution in [0.1, 0.15) is 16.8 Å². The summed E-state index contributed by atoms with van der Waals surface area (Å²) in [4.78, 5) is 0. The number of nitrogens with zero attached hydrogens (tertiary/aromatic N) is 3. The lowest BCUT2D eigenvalue weighted by Gasteiger charge is -2.09. The molecule has 0 amide bonds. The summed E-state index contributed by atoms with van der Waals surface area (Å²) in [6, 6.07) is 10.4. The first-order valence-corrected chi connectivity index (χ1v) is 7.05. The third kappa shape index (κ3) is 2.10. The second-order valence-corrected chi connectivity index (χ2v) is 5.49. The van der Waals surface area contributed by atoms with Crippen LogP contribution in [0.3, 0.4) is 0 Å². The van der Waals surface area contributed by atoms with Crippen molar-refractivity contribution in [2.24, 2.45) is 0 Å². The van der Waals surface area contributed by atoms with E-state index in [0.717, 1.165) is 16.9 Å². The number of thiophene rings is 1. The van der Waals surface area contributed by atoms with Crippen molar-refractivity contribution in [2.75, 3.05) is 5.32 Å². The summed E-state index contributed by atoms with van der Waals surface area (Å²) in [5, 5.41) is 23.9. The Hall–Kier alpha value is -2.45. The Morgan fingerprint density at radius 1 is 1.20 bits per heavy atom. The fourth-order valence-electron chi connectivity index (χ4n) is 2.01. The number of hydrogen-bond acceptors (Lipinski definition) is 5. The molecular formula is C15H12N4S. The number of anilines is 2. The van der Waals surface area contributed by atoms with Crippen LogP contribution < -0.4 is 5.32 Å². The average molecular weight is 280 g/mol. The van der Waals surface area contributed by atoms with Gasteiger partial charge in [0.15, 0.2) is 5.82 Å². The van der Waals surface area contributed by atoms with Gasteiger partial charge in [-0.15, -0.1) is 16.4 Å². The molecule has 0 aliphatic carbocycles. The van der Waals surface area contributed by atoms with Crippen LogP contribution in [-0.4, -0.2) is 10.2 Å². The third-order valence-electron chi connectivity index (χ3n) is 3.28. The highest BCUT2D eigenvalue weighted by Crippen LogP contribution is 2.27. The molecule has 98 valence electrons. The molecule has 20 heavy (non-hydrogen) atoms. The Balaban J connectivity index is 2.02. The van der Waals surface area contributed by atoms with E-state index in [1.807, 2.05) is 26.0 Å². The van der Waals surface area contributed by atoms with Crippen LogP contribution in [0.5, 0.6) is 0 Å². The second-order valence-electron chi connectivity index (χ2n) is 4.54. The van der Waals surface area contributed by atoms with E-state index in [1.54, 1.807) is 11.3 Å². The Bertz CT molecular complexity index is 829. The number of benzene rings is 1. The highest BCUT2D eigenvalue weighted by molar-refractivity contribution is 7.17. The molecule has 3 aromatic rings. The molecule has 5 heteroatoms. The quantitative estimate of drug-likeness (QED) is 0.772. The molecule has 0 unspecified atom stereocenters. The molecule has 0 atom stereocenters. The molecule has 0 bridgehead atoms. The number of nitriles is 1. The predicted octanol–water partition coefficient (Wildman–Crippen LogP) is 3.92. The monoisotopic (exact) mass is 280 g/mol. The molecule has 1 N–H and O–H groups in total. The fourth-order valence-corrected chi connectivity index (χ4v) is 2.78. The van der Waals surface area contributed by atoms with Gasteiger partial charge in [-0.25, -0.2) is 0 Å². The predicted molar refractivity (Wildman–Crippen MR) is 81.3 cm³/mol. The van der Waals surface area contributed by atoms with Gasteiger partial charge < -0.3 is 5.32 Å². The normalized spacial score (nSPS) is 10.4. The van der Waals surface area contributed by atoms with E-state index in [1.165, 1.54) is 10.1 Å². The lowest BCUT2D eigenvalue weighted by atomic mass is 10.1. The zero-order valence-electron chi connectivity index (χ0n) is 11.1. The number of nitrogens with one attached hydrogen (secondary N) is 1. The maximum atomic E-state index is 9.28. The fraction of sp³-hybridized carbons (Fsp3) is 0.133. The number of aromatic nitrogens is 2. The van der Waals surface area contributed by atoms with E-state index < -0.39 is 0 Å². The van der Waals surface area contributed by atoms with Gasteiger partial charge in [0.25, 0.3) is 0 Å². The SMILES string of the molecule is Cc1nnc(Nc2ccc3sccc3c2)c(C#N)c1C. The van der Waals surface area contributed by atoms with Crippen LogP contribution in [0.25, 0.3) is 10.1 Å². The van der Waals surface area contributed by atoms with Crippen LogP contribution in [0.2, 0.25) is 0 Å². The van der Waals surface area contributed by atoms with Gasteiger partial charge in [0.2, 0.25) is 0 Å². The first-order valence-electron chi connectivity index (χ1n) is 6.17. The van der Waals surface area contributed by atoms with E-state index in [9.17, 15) is 5.26 Å². The average Bonchev–Trinajstić information content (AvgIpc) is 2.91. The second kappa shape index (κ2) is 4.91. The third-order valence-corrected chi connectivity index (χ3v) is 4.18. The van der Waals surface area contributed by atoms with Gasteiger partial charge in [0.05, 0.1) is 5.69 Å². The first-order chi connectivity index (χ1) is 9.69. The van der Waals surface area contributed by atoms with Crippen molar-refractivity contribution in [3.05, 3.63) is 46.5 Å². The Morgan fingerprint density at radius 3 is 2.85 bits per heavy atom. The molecule has 0 fully saturated rings. The van der Waals surface area contributed by atoms with Crippen molar-refractivity contribution in [2.45, 2.75) is 13.8 Å². The van der Waals surface area contributed by atoms with Crippen LogP contribution in [0.4, 0.5) is 11.5 Å². The Kier molecular flexibility index (Phi) is 3.09. The summed E-state index contributed by atoms with van der Waals surface area (Å²) in [6.07, 6.45) is 0. The summed E-state index contributed by atoms with van der Waals surface area (Å²) in [7, 11) is 0. The van der Waals surface area contributed by atoms with Crippen LogP contribution in [0.15, 0.2) is 29.6 Å². The van der Waals surface area contributed by atoms with Crippen LogP contribution in [0, 0.1) is 25.2 Å². The minimum absolute atomic E-state index is 0.505. The summed E-state index contributed by atoms with van der Waals surface area (Å²) >= 11 is 1.71. The molecule has 0 aliphatic heterocycles. The summed E-state index contributed by atoms with van der Waals surface area (Å²) < 4.78 is 1.24. The van der Waals surface area contributed by atoms with E-state index in [4.69, 9.17) is 0 Å². The molecule has 4 nitrogen and oxygen atoms in total. The van der Waals surface area contributed by atoms with Crippen LogP contribution in [-0.2, 0) is 0 Å². The summed E-state index contributed by atoms with van der Waals surface area (Å²) in [5.74, 6) is 0.505. The molecular weight excluding hydrogens is 268 g/mol. The Labute approximate surface area is 120 Å². The molecule has 3 rings (SSSR count). The molecule has 1 aromatic carbocycles. The van der Waals surface area contributed by atoms with E-state index in [-0.39, 0.29) is 0 Å². The molecule has 2 aromatic heterocycles. The van der Waals surface area contributed by atoms with Gasteiger partial charge in [-0.3, -0.25) is 0 Å². The lowest BCUT2D eigenvalue weighted by molar-refractivity contribution is 0.960. The number of hydrogen-bond donors (Lipinski definition) is 1. The molecule has 0 aliphatic rings. The number of rotatable bonds is 2. The topological polar surface area (TPSA) is 61.6 Å². The van der Waals surface area contributed by atoms with E-state index >= 15 is 0 Å². The van der Waals surface area contributed by atoms with Crippen molar-refractivity contribution < 1.29 is 0 Å². The van der Waals surface area contributed by atoms with Gasteiger partial charge in [0, 0.05) is 10.4 Å².